The lowest BCUT2D eigenvalue weighted by atomic mass is 9.98. The summed E-state index contributed by atoms with van der Waals surface area (Å²) in [5, 5.41) is 3.41. The zero-order valence-electron chi connectivity index (χ0n) is 9.13. The van der Waals surface area contributed by atoms with Gasteiger partial charge < -0.3 is 10.3 Å². The Morgan fingerprint density at radius 1 is 1.38 bits per heavy atom. The molecule has 0 spiro atoms. The van der Waals surface area contributed by atoms with E-state index in [0.29, 0.717) is 11.8 Å². The fourth-order valence-corrected chi connectivity index (χ4v) is 2.71. The molecule has 0 aliphatic carbocycles. The van der Waals surface area contributed by atoms with E-state index in [-0.39, 0.29) is 0 Å². The van der Waals surface area contributed by atoms with E-state index in [2.05, 4.69) is 44.2 Å². The van der Waals surface area contributed by atoms with E-state index >= 15 is 0 Å². The summed E-state index contributed by atoms with van der Waals surface area (Å²) in [6.45, 7) is 4.39. The number of nitrogens with one attached hydrogen (secondary N) is 2. The summed E-state index contributed by atoms with van der Waals surface area (Å²) < 4.78 is 1.09. The Morgan fingerprint density at radius 2 is 2.25 bits per heavy atom. The van der Waals surface area contributed by atoms with Crippen LogP contribution in [0.25, 0.3) is 11.0 Å². The second kappa shape index (κ2) is 3.86. The van der Waals surface area contributed by atoms with E-state index < -0.39 is 0 Å². The number of imidazole rings is 1. The number of hydrogen-bond donors (Lipinski definition) is 2. The van der Waals surface area contributed by atoms with Crippen molar-refractivity contribution in [1.29, 1.82) is 0 Å². The summed E-state index contributed by atoms with van der Waals surface area (Å²) in [5.41, 5.74) is 2.17. The Morgan fingerprint density at radius 3 is 3.00 bits per heavy atom. The van der Waals surface area contributed by atoms with E-state index in [1.165, 1.54) is 0 Å². The molecule has 1 aromatic carbocycles. The number of benzene rings is 1. The smallest absolute Gasteiger partial charge is 0.111 e. The van der Waals surface area contributed by atoms with Gasteiger partial charge in [0.1, 0.15) is 5.82 Å². The number of rotatable bonds is 1. The topological polar surface area (TPSA) is 40.7 Å². The van der Waals surface area contributed by atoms with Crippen molar-refractivity contribution in [3.8, 4) is 0 Å². The van der Waals surface area contributed by atoms with Gasteiger partial charge in [0.25, 0.3) is 0 Å². The molecule has 2 N–H and O–H groups in total. The van der Waals surface area contributed by atoms with Gasteiger partial charge in [-0.05, 0) is 30.7 Å². The molecule has 2 atom stereocenters. The molecule has 0 saturated carbocycles. The molecular formula is C12H14BrN3. The number of halogens is 1. The Bertz CT molecular complexity index is 520. The predicted octanol–water partition coefficient (Wildman–Crippen LogP) is 2.65. The van der Waals surface area contributed by atoms with Crippen LogP contribution in [0.1, 0.15) is 18.7 Å². The summed E-state index contributed by atoms with van der Waals surface area (Å²) in [6, 6.07) is 6.16. The van der Waals surface area contributed by atoms with Gasteiger partial charge in [0.15, 0.2) is 0 Å². The third kappa shape index (κ3) is 1.66. The second-order valence-corrected chi connectivity index (χ2v) is 5.44. The van der Waals surface area contributed by atoms with Crippen molar-refractivity contribution >= 4 is 27.0 Å². The quantitative estimate of drug-likeness (QED) is 0.843. The molecule has 1 saturated heterocycles. The van der Waals surface area contributed by atoms with E-state index in [0.717, 1.165) is 34.4 Å². The first kappa shape index (κ1) is 10.3. The highest BCUT2D eigenvalue weighted by Gasteiger charge is 2.27. The van der Waals surface area contributed by atoms with Crippen molar-refractivity contribution in [3.63, 3.8) is 0 Å². The van der Waals surface area contributed by atoms with Crippen molar-refractivity contribution < 1.29 is 0 Å². The summed E-state index contributed by atoms with van der Waals surface area (Å²) >= 11 is 3.48. The van der Waals surface area contributed by atoms with Gasteiger partial charge in [0.2, 0.25) is 0 Å². The van der Waals surface area contributed by atoms with Crippen molar-refractivity contribution in [2.24, 2.45) is 5.92 Å². The fraction of sp³-hybridized carbons (Fsp3) is 0.417. The number of aromatic amines is 1. The van der Waals surface area contributed by atoms with Crippen LogP contribution in [-0.4, -0.2) is 23.1 Å². The number of fused-ring (bicyclic) bond motifs is 1. The van der Waals surface area contributed by atoms with Crippen LogP contribution in [0.15, 0.2) is 22.7 Å². The maximum Gasteiger partial charge on any atom is 0.111 e. The van der Waals surface area contributed by atoms with Crippen LogP contribution in [0.3, 0.4) is 0 Å². The molecule has 2 aromatic rings. The molecule has 4 heteroatoms. The molecule has 0 amide bonds. The highest BCUT2D eigenvalue weighted by molar-refractivity contribution is 9.10. The summed E-state index contributed by atoms with van der Waals surface area (Å²) in [4.78, 5) is 8.10. The van der Waals surface area contributed by atoms with Crippen LogP contribution < -0.4 is 5.32 Å². The van der Waals surface area contributed by atoms with Crippen LogP contribution in [0.2, 0.25) is 0 Å². The first-order valence-corrected chi connectivity index (χ1v) is 6.39. The average Bonchev–Trinajstić information content (AvgIpc) is 2.82. The number of nitrogens with zero attached hydrogens (tertiary/aromatic N) is 1. The molecule has 1 aliphatic heterocycles. The third-order valence-electron chi connectivity index (χ3n) is 3.33. The Labute approximate surface area is 103 Å². The minimum atomic E-state index is 0.520. The number of aromatic nitrogens is 2. The SMILES string of the molecule is CC1CNCC1c1nc2ccc(Br)cc2[nH]1. The van der Waals surface area contributed by atoms with E-state index in [9.17, 15) is 0 Å². The molecule has 16 heavy (non-hydrogen) atoms. The molecule has 0 radical (unpaired) electrons. The van der Waals surface area contributed by atoms with Crippen molar-refractivity contribution in [3.05, 3.63) is 28.5 Å². The van der Waals surface area contributed by atoms with E-state index in [1.807, 2.05) is 12.1 Å². The van der Waals surface area contributed by atoms with Crippen molar-refractivity contribution in [1.82, 2.24) is 15.3 Å². The largest absolute Gasteiger partial charge is 0.342 e. The molecule has 1 aromatic heterocycles. The monoisotopic (exact) mass is 279 g/mol. The molecule has 0 bridgehead atoms. The molecule has 3 rings (SSSR count). The Balaban J connectivity index is 2.04. The molecule has 1 aliphatic rings. The van der Waals surface area contributed by atoms with Gasteiger partial charge in [-0.3, -0.25) is 0 Å². The summed E-state index contributed by atoms with van der Waals surface area (Å²) in [5.74, 6) is 2.29. The molecule has 84 valence electrons. The lowest BCUT2D eigenvalue weighted by molar-refractivity contribution is 0.551. The molecular weight excluding hydrogens is 266 g/mol. The van der Waals surface area contributed by atoms with Gasteiger partial charge >= 0.3 is 0 Å². The third-order valence-corrected chi connectivity index (χ3v) is 3.82. The zero-order valence-corrected chi connectivity index (χ0v) is 10.7. The van der Waals surface area contributed by atoms with Crippen LogP contribution in [0, 0.1) is 5.92 Å². The van der Waals surface area contributed by atoms with Crippen molar-refractivity contribution in [2.45, 2.75) is 12.8 Å². The van der Waals surface area contributed by atoms with Crippen LogP contribution in [0.5, 0.6) is 0 Å². The van der Waals surface area contributed by atoms with Crippen LogP contribution in [-0.2, 0) is 0 Å². The maximum atomic E-state index is 4.67. The van der Waals surface area contributed by atoms with E-state index in [4.69, 9.17) is 0 Å². The zero-order chi connectivity index (χ0) is 11.1. The standard InChI is InChI=1S/C12H14BrN3/c1-7-5-14-6-9(7)12-15-10-3-2-8(13)4-11(10)16-12/h2-4,7,9,14H,5-6H2,1H3,(H,15,16). The normalized spacial score (nSPS) is 25.4. The summed E-state index contributed by atoms with van der Waals surface area (Å²) in [7, 11) is 0. The number of H-pyrrole nitrogens is 1. The Kier molecular flexibility index (Phi) is 2.48. The first-order valence-electron chi connectivity index (χ1n) is 5.60. The summed E-state index contributed by atoms with van der Waals surface area (Å²) in [6.07, 6.45) is 0. The Hall–Kier alpha value is -0.870. The second-order valence-electron chi connectivity index (χ2n) is 4.53. The number of hydrogen-bond acceptors (Lipinski definition) is 2. The average molecular weight is 280 g/mol. The van der Waals surface area contributed by atoms with E-state index in [1.54, 1.807) is 0 Å². The minimum Gasteiger partial charge on any atom is -0.342 e. The van der Waals surface area contributed by atoms with Gasteiger partial charge in [-0.15, -0.1) is 0 Å². The minimum absolute atomic E-state index is 0.520. The lowest BCUT2D eigenvalue weighted by Gasteiger charge is -2.09. The van der Waals surface area contributed by atoms with Gasteiger partial charge in [-0.1, -0.05) is 22.9 Å². The highest BCUT2D eigenvalue weighted by Crippen LogP contribution is 2.28. The van der Waals surface area contributed by atoms with Crippen molar-refractivity contribution in [2.75, 3.05) is 13.1 Å². The van der Waals surface area contributed by atoms with Crippen LogP contribution in [0.4, 0.5) is 0 Å². The van der Waals surface area contributed by atoms with Gasteiger partial charge in [0, 0.05) is 16.9 Å². The molecule has 1 fully saturated rings. The van der Waals surface area contributed by atoms with Crippen LogP contribution >= 0.6 is 15.9 Å². The first-order chi connectivity index (χ1) is 7.74. The molecule has 3 nitrogen and oxygen atoms in total. The maximum absolute atomic E-state index is 4.67. The fourth-order valence-electron chi connectivity index (χ4n) is 2.35. The lowest BCUT2D eigenvalue weighted by Crippen LogP contribution is -2.09. The molecule has 2 heterocycles. The van der Waals surface area contributed by atoms with Gasteiger partial charge in [-0.2, -0.15) is 0 Å². The highest BCUT2D eigenvalue weighted by atomic mass is 79.9. The van der Waals surface area contributed by atoms with Gasteiger partial charge in [0.05, 0.1) is 11.0 Å². The van der Waals surface area contributed by atoms with Gasteiger partial charge in [-0.25, -0.2) is 4.98 Å². The predicted molar refractivity (Wildman–Crippen MR) is 68.6 cm³/mol. The molecule has 2 unspecified atom stereocenters.